The van der Waals surface area contributed by atoms with Crippen molar-refractivity contribution in [3.63, 3.8) is 0 Å². The molecule has 0 radical (unpaired) electrons. The first kappa shape index (κ1) is 23.2. The molecule has 2 rings (SSSR count). The fraction of sp³-hybridized carbons (Fsp3) is 0.250. The van der Waals surface area contributed by atoms with Gasteiger partial charge in [-0.15, -0.1) is 0 Å². The zero-order chi connectivity index (χ0) is 22.3. The number of nitrogens with zero attached hydrogens (tertiary/aromatic N) is 1. The largest absolute Gasteiger partial charge is 0.486 e. The van der Waals surface area contributed by atoms with Gasteiger partial charge in [-0.2, -0.15) is 13.2 Å². The topological polar surface area (TPSA) is 74.7 Å². The zero-order valence-corrected chi connectivity index (χ0v) is 16.7. The Morgan fingerprint density at radius 2 is 1.97 bits per heavy atom. The van der Waals surface area contributed by atoms with Crippen molar-refractivity contribution in [2.24, 2.45) is 0 Å². The number of pyridine rings is 1. The van der Waals surface area contributed by atoms with Gasteiger partial charge in [-0.05, 0) is 38.1 Å². The molecule has 1 aromatic heterocycles. The predicted molar refractivity (Wildman–Crippen MR) is 103 cm³/mol. The number of rotatable bonds is 8. The summed E-state index contributed by atoms with van der Waals surface area (Å²) in [4.78, 5) is 26.3. The first-order valence-electron chi connectivity index (χ1n) is 8.62. The van der Waals surface area contributed by atoms with E-state index in [9.17, 15) is 22.8 Å². The minimum atomic E-state index is -4.61. The van der Waals surface area contributed by atoms with Gasteiger partial charge in [0.05, 0.1) is 12.2 Å². The summed E-state index contributed by atoms with van der Waals surface area (Å²) in [6.07, 6.45) is -1.47. The Kier molecular flexibility index (Phi) is 7.82. The van der Waals surface area contributed by atoms with Crippen LogP contribution in [-0.2, 0) is 20.5 Å². The molecule has 0 spiro atoms. The highest BCUT2D eigenvalue weighted by molar-refractivity contribution is 6.31. The molecule has 0 unspecified atom stereocenters. The van der Waals surface area contributed by atoms with Crippen LogP contribution in [0.15, 0.2) is 36.5 Å². The minimum Gasteiger partial charge on any atom is -0.486 e. The van der Waals surface area contributed by atoms with Crippen molar-refractivity contribution in [3.8, 4) is 17.4 Å². The van der Waals surface area contributed by atoms with Crippen LogP contribution in [0.3, 0.4) is 0 Å². The van der Waals surface area contributed by atoms with Crippen LogP contribution in [-0.4, -0.2) is 30.0 Å². The Morgan fingerprint density at radius 3 is 2.57 bits per heavy atom. The molecule has 0 N–H and O–H groups in total. The quantitative estimate of drug-likeness (QED) is 0.418. The van der Waals surface area contributed by atoms with E-state index < -0.39 is 17.7 Å². The van der Waals surface area contributed by atoms with Crippen molar-refractivity contribution in [2.45, 2.75) is 20.0 Å². The van der Waals surface area contributed by atoms with Crippen molar-refractivity contribution in [2.75, 3.05) is 13.2 Å². The van der Waals surface area contributed by atoms with Gasteiger partial charge in [0.1, 0.15) is 23.1 Å². The molecule has 0 amide bonds. The zero-order valence-electron chi connectivity index (χ0n) is 16.0. The molecule has 0 atom stereocenters. The lowest BCUT2D eigenvalue weighted by Crippen LogP contribution is -2.07. The van der Waals surface area contributed by atoms with E-state index in [0.717, 1.165) is 6.08 Å². The highest BCUT2D eigenvalue weighted by Gasteiger charge is 2.31. The van der Waals surface area contributed by atoms with Gasteiger partial charge in [-0.25, -0.2) is 9.78 Å². The highest BCUT2D eigenvalue weighted by atomic mass is 35.5. The molecule has 30 heavy (non-hydrogen) atoms. The van der Waals surface area contributed by atoms with E-state index in [4.69, 9.17) is 25.8 Å². The summed E-state index contributed by atoms with van der Waals surface area (Å²) in [5.74, 6) is -0.733. The van der Waals surface area contributed by atoms with Crippen molar-refractivity contribution < 1.29 is 37.0 Å². The monoisotopic (exact) mass is 443 g/mol. The standard InChI is InChI=1S/C20H17ClF3NO5/c1-3-28-18(27)7-5-13-4-6-15(29-11-12(2)26)9-17(13)30-19-16(21)8-14(10-25-19)20(22,23)24/h4-10H,3,11H2,1-2H3. The van der Waals surface area contributed by atoms with E-state index in [1.807, 2.05) is 0 Å². The van der Waals surface area contributed by atoms with E-state index in [1.165, 1.54) is 31.2 Å². The summed E-state index contributed by atoms with van der Waals surface area (Å²) >= 11 is 5.89. The van der Waals surface area contributed by atoms with Gasteiger partial charge in [-0.1, -0.05) is 11.6 Å². The normalized spacial score (nSPS) is 11.4. The lowest BCUT2D eigenvalue weighted by molar-refractivity contribution is -0.138. The Labute approximate surface area is 175 Å². The number of aromatic nitrogens is 1. The van der Waals surface area contributed by atoms with E-state index >= 15 is 0 Å². The summed E-state index contributed by atoms with van der Waals surface area (Å²) < 4.78 is 54.1. The smallest absolute Gasteiger partial charge is 0.417 e. The Morgan fingerprint density at radius 1 is 1.23 bits per heavy atom. The number of Topliss-reactive ketones (excluding diaryl/α,β-unsaturated/α-hetero) is 1. The molecule has 0 aliphatic carbocycles. The summed E-state index contributed by atoms with van der Waals surface area (Å²) in [7, 11) is 0. The summed E-state index contributed by atoms with van der Waals surface area (Å²) in [5.41, 5.74) is -0.656. The first-order valence-corrected chi connectivity index (χ1v) is 8.99. The molecule has 0 saturated carbocycles. The number of alkyl halides is 3. The second-order valence-corrected chi connectivity index (χ2v) is 6.29. The van der Waals surface area contributed by atoms with Gasteiger partial charge in [0.2, 0.25) is 5.88 Å². The first-order chi connectivity index (χ1) is 14.1. The van der Waals surface area contributed by atoms with Crippen LogP contribution in [0.2, 0.25) is 5.02 Å². The van der Waals surface area contributed by atoms with Crippen LogP contribution in [0, 0.1) is 0 Å². The number of halogens is 4. The highest BCUT2D eigenvalue weighted by Crippen LogP contribution is 2.36. The third-order valence-corrected chi connectivity index (χ3v) is 3.72. The van der Waals surface area contributed by atoms with E-state index in [2.05, 4.69) is 4.98 Å². The lowest BCUT2D eigenvalue weighted by atomic mass is 10.1. The lowest BCUT2D eigenvalue weighted by Gasteiger charge is -2.13. The van der Waals surface area contributed by atoms with Crippen molar-refractivity contribution in [3.05, 3.63) is 52.7 Å². The van der Waals surface area contributed by atoms with E-state index in [0.29, 0.717) is 17.8 Å². The molecule has 6 nitrogen and oxygen atoms in total. The molecule has 0 saturated heterocycles. The molecular weight excluding hydrogens is 427 g/mol. The summed E-state index contributed by atoms with van der Waals surface area (Å²) in [6.45, 7) is 3.01. The van der Waals surface area contributed by atoms with Crippen molar-refractivity contribution in [1.82, 2.24) is 4.98 Å². The van der Waals surface area contributed by atoms with Crippen molar-refractivity contribution in [1.29, 1.82) is 0 Å². The van der Waals surface area contributed by atoms with Crippen LogP contribution < -0.4 is 9.47 Å². The molecule has 1 aromatic carbocycles. The Hall–Kier alpha value is -3.07. The van der Waals surface area contributed by atoms with Gasteiger partial charge in [0, 0.05) is 23.9 Å². The van der Waals surface area contributed by atoms with Crippen LogP contribution in [0.5, 0.6) is 17.4 Å². The molecule has 0 fully saturated rings. The average Bonchev–Trinajstić information content (AvgIpc) is 2.66. The SMILES string of the molecule is CCOC(=O)C=Cc1ccc(OCC(C)=O)cc1Oc1ncc(C(F)(F)F)cc1Cl. The maximum atomic E-state index is 12.8. The molecule has 1 heterocycles. The second kappa shape index (κ2) is 10.1. The number of hydrogen-bond acceptors (Lipinski definition) is 6. The minimum absolute atomic E-state index is 0.0887. The number of esters is 1. The number of ketones is 1. The second-order valence-electron chi connectivity index (χ2n) is 5.89. The fourth-order valence-corrected chi connectivity index (χ4v) is 2.33. The fourth-order valence-electron chi connectivity index (χ4n) is 2.12. The number of carbonyl (C=O) groups is 2. The number of hydrogen-bond donors (Lipinski definition) is 0. The van der Waals surface area contributed by atoms with Crippen molar-refractivity contribution >= 4 is 29.4 Å². The van der Waals surface area contributed by atoms with Gasteiger partial charge >= 0.3 is 12.1 Å². The third kappa shape index (κ3) is 6.77. The van der Waals surface area contributed by atoms with Crippen LogP contribution >= 0.6 is 11.6 Å². The van der Waals surface area contributed by atoms with E-state index in [1.54, 1.807) is 6.92 Å². The van der Waals surface area contributed by atoms with Gasteiger partial charge in [0.25, 0.3) is 0 Å². The van der Waals surface area contributed by atoms with E-state index in [-0.39, 0.29) is 41.4 Å². The number of ether oxygens (including phenoxy) is 3. The summed E-state index contributed by atoms with van der Waals surface area (Å²) in [5, 5.41) is -0.361. The van der Waals surface area contributed by atoms with Gasteiger partial charge in [0.15, 0.2) is 5.78 Å². The number of benzene rings is 1. The van der Waals surface area contributed by atoms with Gasteiger partial charge in [-0.3, -0.25) is 4.79 Å². The molecule has 0 aliphatic rings. The molecule has 0 bridgehead atoms. The Balaban J connectivity index is 2.37. The summed E-state index contributed by atoms with van der Waals surface area (Å²) in [6, 6.07) is 5.14. The maximum Gasteiger partial charge on any atom is 0.417 e. The van der Waals surface area contributed by atoms with Crippen LogP contribution in [0.4, 0.5) is 13.2 Å². The average molecular weight is 444 g/mol. The Bertz CT molecular complexity index is 960. The number of carbonyl (C=O) groups excluding carboxylic acids is 2. The molecule has 10 heteroatoms. The maximum absolute atomic E-state index is 12.8. The molecule has 160 valence electrons. The third-order valence-electron chi connectivity index (χ3n) is 3.45. The predicted octanol–water partition coefficient (Wildman–Crippen LogP) is 5.09. The van der Waals surface area contributed by atoms with Crippen LogP contribution in [0.25, 0.3) is 6.08 Å². The molecule has 0 aliphatic heterocycles. The van der Waals surface area contributed by atoms with Crippen LogP contribution in [0.1, 0.15) is 25.0 Å². The molecular formula is C20H17ClF3NO5. The van der Waals surface area contributed by atoms with Gasteiger partial charge < -0.3 is 14.2 Å². The molecule has 2 aromatic rings.